The second-order valence-corrected chi connectivity index (χ2v) is 3.72. The molecule has 1 rings (SSSR count). The molecule has 0 fully saturated rings. The van der Waals surface area contributed by atoms with E-state index in [1.54, 1.807) is 12.4 Å². The van der Waals surface area contributed by atoms with Crippen LogP contribution in [0.4, 0.5) is 0 Å². The van der Waals surface area contributed by atoms with Crippen LogP contribution in [0, 0.1) is 6.92 Å². The van der Waals surface area contributed by atoms with Gasteiger partial charge in [-0.3, -0.25) is 9.97 Å². The maximum atomic E-state index is 4.34. The van der Waals surface area contributed by atoms with E-state index in [-0.39, 0.29) is 6.04 Å². The number of aryl methyl sites for hydroxylation is 1. The number of aromatic nitrogens is 2. The number of hydrogen-bond donors (Lipinski definition) is 1. The van der Waals surface area contributed by atoms with Crippen molar-refractivity contribution in [3.8, 4) is 0 Å². The highest BCUT2D eigenvalue weighted by atomic mass is 15.0. The van der Waals surface area contributed by atoms with E-state index < -0.39 is 0 Å². The Morgan fingerprint density at radius 3 is 2.50 bits per heavy atom. The van der Waals surface area contributed by atoms with E-state index in [0.717, 1.165) is 17.8 Å². The van der Waals surface area contributed by atoms with Crippen LogP contribution in [-0.2, 0) is 0 Å². The molecular weight excluding hydrogens is 174 g/mol. The molecule has 2 atom stereocenters. The van der Waals surface area contributed by atoms with Gasteiger partial charge in [-0.05, 0) is 27.2 Å². The fourth-order valence-corrected chi connectivity index (χ4v) is 1.47. The largest absolute Gasteiger partial charge is 0.306 e. The minimum absolute atomic E-state index is 0.277. The SMILES string of the molecule is CCC(C)NC(C)c1nccnc1C. The predicted octanol–water partition coefficient (Wildman–Crippen LogP) is 2.23. The fraction of sp³-hybridized carbons (Fsp3) is 0.636. The van der Waals surface area contributed by atoms with E-state index in [1.165, 1.54) is 0 Å². The lowest BCUT2D eigenvalue weighted by atomic mass is 10.1. The highest BCUT2D eigenvalue weighted by Gasteiger charge is 2.11. The molecular formula is C11H19N3. The Kier molecular flexibility index (Phi) is 4.01. The van der Waals surface area contributed by atoms with E-state index >= 15 is 0 Å². The summed E-state index contributed by atoms with van der Waals surface area (Å²) in [6.45, 7) is 8.48. The first-order valence-electron chi connectivity index (χ1n) is 5.18. The highest BCUT2D eigenvalue weighted by Crippen LogP contribution is 2.12. The zero-order chi connectivity index (χ0) is 10.6. The lowest BCUT2D eigenvalue weighted by molar-refractivity contribution is 0.460. The van der Waals surface area contributed by atoms with Crippen molar-refractivity contribution >= 4 is 0 Å². The van der Waals surface area contributed by atoms with Crippen LogP contribution >= 0.6 is 0 Å². The Morgan fingerprint density at radius 2 is 1.93 bits per heavy atom. The van der Waals surface area contributed by atoms with Crippen LogP contribution in [0.15, 0.2) is 12.4 Å². The summed E-state index contributed by atoms with van der Waals surface area (Å²) in [4.78, 5) is 8.57. The van der Waals surface area contributed by atoms with E-state index in [4.69, 9.17) is 0 Å². The van der Waals surface area contributed by atoms with Gasteiger partial charge in [0.15, 0.2) is 0 Å². The van der Waals surface area contributed by atoms with Crippen LogP contribution in [0.3, 0.4) is 0 Å². The molecule has 0 amide bonds. The number of nitrogens with one attached hydrogen (secondary N) is 1. The fourth-order valence-electron chi connectivity index (χ4n) is 1.47. The van der Waals surface area contributed by atoms with Gasteiger partial charge in [0, 0.05) is 24.5 Å². The number of nitrogens with zero attached hydrogens (tertiary/aromatic N) is 2. The zero-order valence-electron chi connectivity index (χ0n) is 9.41. The third kappa shape index (κ3) is 2.77. The van der Waals surface area contributed by atoms with Crippen molar-refractivity contribution in [1.29, 1.82) is 0 Å². The summed E-state index contributed by atoms with van der Waals surface area (Å²) in [5.74, 6) is 0. The Labute approximate surface area is 86.0 Å². The van der Waals surface area contributed by atoms with Gasteiger partial charge in [-0.2, -0.15) is 0 Å². The molecule has 0 spiro atoms. The minimum Gasteiger partial charge on any atom is -0.306 e. The van der Waals surface area contributed by atoms with Crippen LogP contribution in [0.2, 0.25) is 0 Å². The molecule has 1 aromatic heterocycles. The van der Waals surface area contributed by atoms with Gasteiger partial charge in [0.05, 0.1) is 11.4 Å². The Bertz CT molecular complexity index is 286. The van der Waals surface area contributed by atoms with Gasteiger partial charge in [0.25, 0.3) is 0 Å². The van der Waals surface area contributed by atoms with Crippen molar-refractivity contribution in [2.24, 2.45) is 0 Å². The van der Waals surface area contributed by atoms with Gasteiger partial charge in [0.2, 0.25) is 0 Å². The molecule has 3 heteroatoms. The third-order valence-electron chi connectivity index (χ3n) is 2.48. The third-order valence-corrected chi connectivity index (χ3v) is 2.48. The monoisotopic (exact) mass is 193 g/mol. The lowest BCUT2D eigenvalue weighted by Gasteiger charge is -2.19. The topological polar surface area (TPSA) is 37.8 Å². The predicted molar refractivity (Wildman–Crippen MR) is 58.1 cm³/mol. The number of rotatable bonds is 4. The summed E-state index contributed by atoms with van der Waals surface area (Å²) in [6, 6.07) is 0.796. The Balaban J connectivity index is 2.69. The van der Waals surface area contributed by atoms with Crippen molar-refractivity contribution in [1.82, 2.24) is 15.3 Å². The van der Waals surface area contributed by atoms with Gasteiger partial charge in [-0.25, -0.2) is 0 Å². The van der Waals surface area contributed by atoms with E-state index in [0.29, 0.717) is 6.04 Å². The molecule has 78 valence electrons. The van der Waals surface area contributed by atoms with E-state index in [9.17, 15) is 0 Å². The Morgan fingerprint density at radius 1 is 1.29 bits per heavy atom. The molecule has 3 nitrogen and oxygen atoms in total. The summed E-state index contributed by atoms with van der Waals surface area (Å²) in [7, 11) is 0. The molecule has 1 N–H and O–H groups in total. The molecule has 0 saturated carbocycles. The van der Waals surface area contributed by atoms with Crippen molar-refractivity contribution in [2.45, 2.75) is 46.2 Å². The molecule has 14 heavy (non-hydrogen) atoms. The molecule has 1 heterocycles. The average molecular weight is 193 g/mol. The van der Waals surface area contributed by atoms with Gasteiger partial charge in [-0.15, -0.1) is 0 Å². The van der Waals surface area contributed by atoms with Crippen LogP contribution in [0.5, 0.6) is 0 Å². The van der Waals surface area contributed by atoms with Crippen molar-refractivity contribution in [3.63, 3.8) is 0 Å². The average Bonchev–Trinajstić information content (AvgIpc) is 2.18. The first-order chi connectivity index (χ1) is 6.65. The summed E-state index contributed by atoms with van der Waals surface area (Å²) < 4.78 is 0. The standard InChI is InChI=1S/C11H19N3/c1-5-8(2)14-10(4)11-9(3)12-6-7-13-11/h6-8,10,14H,5H2,1-4H3. The highest BCUT2D eigenvalue weighted by molar-refractivity contribution is 5.12. The van der Waals surface area contributed by atoms with Crippen molar-refractivity contribution < 1.29 is 0 Å². The minimum atomic E-state index is 0.277. The normalized spacial score (nSPS) is 15.1. The zero-order valence-corrected chi connectivity index (χ0v) is 9.41. The molecule has 0 bridgehead atoms. The smallest absolute Gasteiger partial charge is 0.0782 e. The van der Waals surface area contributed by atoms with Crippen molar-refractivity contribution in [3.05, 3.63) is 23.8 Å². The molecule has 0 aromatic carbocycles. The summed E-state index contributed by atoms with van der Waals surface area (Å²) in [5, 5.41) is 3.48. The Hall–Kier alpha value is -0.960. The van der Waals surface area contributed by atoms with Gasteiger partial charge < -0.3 is 5.32 Å². The lowest BCUT2D eigenvalue weighted by Crippen LogP contribution is -2.29. The van der Waals surface area contributed by atoms with Gasteiger partial charge in [-0.1, -0.05) is 6.92 Å². The quantitative estimate of drug-likeness (QED) is 0.797. The van der Waals surface area contributed by atoms with Crippen LogP contribution in [-0.4, -0.2) is 16.0 Å². The van der Waals surface area contributed by atoms with Crippen LogP contribution in [0.1, 0.15) is 44.6 Å². The van der Waals surface area contributed by atoms with E-state index in [1.807, 2.05) is 6.92 Å². The summed E-state index contributed by atoms with van der Waals surface area (Å²) in [6.07, 6.45) is 4.61. The van der Waals surface area contributed by atoms with Crippen LogP contribution in [0.25, 0.3) is 0 Å². The molecule has 0 radical (unpaired) electrons. The molecule has 1 aromatic rings. The molecule has 0 saturated heterocycles. The second kappa shape index (κ2) is 5.05. The summed E-state index contributed by atoms with van der Waals surface area (Å²) >= 11 is 0. The van der Waals surface area contributed by atoms with Gasteiger partial charge in [0.1, 0.15) is 0 Å². The molecule has 2 unspecified atom stereocenters. The van der Waals surface area contributed by atoms with Crippen LogP contribution < -0.4 is 5.32 Å². The molecule has 0 aliphatic rings. The van der Waals surface area contributed by atoms with Crippen molar-refractivity contribution in [2.75, 3.05) is 0 Å². The number of hydrogen-bond acceptors (Lipinski definition) is 3. The van der Waals surface area contributed by atoms with Gasteiger partial charge >= 0.3 is 0 Å². The first kappa shape index (κ1) is 11.1. The maximum Gasteiger partial charge on any atom is 0.0782 e. The molecule has 0 aliphatic heterocycles. The van der Waals surface area contributed by atoms with E-state index in [2.05, 4.69) is 36.1 Å². The maximum absolute atomic E-state index is 4.34. The molecule has 0 aliphatic carbocycles. The summed E-state index contributed by atoms with van der Waals surface area (Å²) in [5.41, 5.74) is 2.06. The first-order valence-corrected chi connectivity index (χ1v) is 5.18. The second-order valence-electron chi connectivity index (χ2n) is 3.72.